The fraction of sp³-hybridized carbons (Fsp3) is 0.548. The smallest absolute Gasteiger partial charge is 0.187 e. The standard InChI is InChI=1S/C31H40O9/c1-5-16-33-30-28-27(39-31(3,4)40-28)25(20(2)37-30)38-29-26(35-18-22-14-10-7-11-15-22)24(32)23(19-36-29)34-17-21-12-8-6-9-13-21/h5-15,20,23-30,32H,1,16-19H2,2-4H3/t20-,23+,24-,25-,26+,27+,28+,29-,30+/m0/s1. The average Bonchev–Trinajstić information content (AvgIpc) is 3.29. The second-order valence-electron chi connectivity index (χ2n) is 10.8. The molecule has 0 unspecified atom stereocenters. The van der Waals surface area contributed by atoms with Gasteiger partial charge in [0, 0.05) is 0 Å². The molecule has 5 rings (SSSR count). The van der Waals surface area contributed by atoms with E-state index in [1.165, 1.54) is 0 Å². The van der Waals surface area contributed by atoms with Gasteiger partial charge in [-0.25, -0.2) is 0 Å². The Morgan fingerprint density at radius 3 is 2.15 bits per heavy atom. The van der Waals surface area contributed by atoms with Gasteiger partial charge in [0.05, 0.1) is 32.5 Å². The summed E-state index contributed by atoms with van der Waals surface area (Å²) in [6.45, 7) is 10.4. The molecule has 0 bridgehead atoms. The molecule has 2 aromatic carbocycles. The predicted molar refractivity (Wildman–Crippen MR) is 145 cm³/mol. The zero-order valence-corrected chi connectivity index (χ0v) is 23.3. The van der Waals surface area contributed by atoms with Crippen LogP contribution in [0.1, 0.15) is 31.9 Å². The Bertz CT molecular complexity index is 1060. The largest absolute Gasteiger partial charge is 0.387 e. The first kappa shape index (κ1) is 29.3. The van der Waals surface area contributed by atoms with E-state index in [0.717, 1.165) is 11.1 Å². The Morgan fingerprint density at radius 1 is 0.875 bits per heavy atom. The van der Waals surface area contributed by atoms with E-state index in [-0.39, 0.29) is 13.2 Å². The van der Waals surface area contributed by atoms with Gasteiger partial charge in [-0.3, -0.25) is 0 Å². The van der Waals surface area contributed by atoms with Crippen LogP contribution in [0.2, 0.25) is 0 Å². The van der Waals surface area contributed by atoms with Crippen LogP contribution < -0.4 is 0 Å². The molecule has 0 spiro atoms. The van der Waals surface area contributed by atoms with Crippen molar-refractivity contribution in [3.8, 4) is 0 Å². The summed E-state index contributed by atoms with van der Waals surface area (Å²) in [5.41, 5.74) is 1.97. The van der Waals surface area contributed by atoms with E-state index in [4.69, 9.17) is 37.9 Å². The molecule has 0 aliphatic carbocycles. The average molecular weight is 557 g/mol. The highest BCUT2D eigenvalue weighted by Gasteiger charge is 2.57. The molecule has 0 aromatic heterocycles. The van der Waals surface area contributed by atoms with Crippen LogP contribution in [0.25, 0.3) is 0 Å². The minimum atomic E-state index is -0.998. The van der Waals surface area contributed by atoms with Crippen LogP contribution in [0.3, 0.4) is 0 Å². The molecule has 3 aliphatic rings. The first-order chi connectivity index (χ1) is 19.3. The third-order valence-corrected chi connectivity index (χ3v) is 7.24. The molecular weight excluding hydrogens is 516 g/mol. The number of benzene rings is 2. The maximum atomic E-state index is 11.4. The highest BCUT2D eigenvalue weighted by atomic mass is 16.8. The molecule has 0 radical (unpaired) electrons. The molecule has 9 heteroatoms. The summed E-state index contributed by atoms with van der Waals surface area (Å²) in [6.07, 6.45) is -4.30. The number of fused-ring (bicyclic) bond motifs is 1. The van der Waals surface area contributed by atoms with Gasteiger partial charge in [0.25, 0.3) is 0 Å². The third-order valence-electron chi connectivity index (χ3n) is 7.24. The molecule has 3 saturated heterocycles. The van der Waals surface area contributed by atoms with Crippen molar-refractivity contribution >= 4 is 0 Å². The monoisotopic (exact) mass is 556 g/mol. The van der Waals surface area contributed by atoms with Gasteiger partial charge in [-0.1, -0.05) is 66.7 Å². The molecule has 218 valence electrons. The summed E-state index contributed by atoms with van der Waals surface area (Å²) in [5, 5.41) is 11.4. The summed E-state index contributed by atoms with van der Waals surface area (Å²) in [4.78, 5) is 0. The van der Waals surface area contributed by atoms with E-state index < -0.39 is 61.1 Å². The van der Waals surface area contributed by atoms with Crippen LogP contribution in [0.4, 0.5) is 0 Å². The van der Waals surface area contributed by atoms with Crippen molar-refractivity contribution < 1.29 is 43.0 Å². The van der Waals surface area contributed by atoms with Gasteiger partial charge in [0.15, 0.2) is 18.4 Å². The van der Waals surface area contributed by atoms with Gasteiger partial charge >= 0.3 is 0 Å². The van der Waals surface area contributed by atoms with Gasteiger partial charge in [-0.05, 0) is 31.9 Å². The normalized spacial score (nSPS) is 35.2. The number of hydrogen-bond acceptors (Lipinski definition) is 9. The molecule has 9 nitrogen and oxygen atoms in total. The highest BCUT2D eigenvalue weighted by molar-refractivity contribution is 5.14. The number of ether oxygens (including phenoxy) is 8. The summed E-state index contributed by atoms with van der Waals surface area (Å²) in [5.74, 6) is -0.854. The van der Waals surface area contributed by atoms with Crippen LogP contribution in [-0.4, -0.2) is 79.4 Å². The zero-order chi connectivity index (χ0) is 28.1. The Hall–Kier alpha value is -2.18. The van der Waals surface area contributed by atoms with E-state index in [9.17, 15) is 5.11 Å². The van der Waals surface area contributed by atoms with Crippen LogP contribution in [-0.2, 0) is 51.1 Å². The molecular formula is C31H40O9. The van der Waals surface area contributed by atoms with Crippen molar-refractivity contribution in [1.82, 2.24) is 0 Å². The Balaban J connectivity index is 1.31. The number of hydrogen-bond donors (Lipinski definition) is 1. The first-order valence-corrected chi connectivity index (χ1v) is 13.8. The van der Waals surface area contributed by atoms with Crippen molar-refractivity contribution in [2.24, 2.45) is 0 Å². The van der Waals surface area contributed by atoms with E-state index in [1.807, 2.05) is 81.4 Å². The quantitative estimate of drug-likeness (QED) is 0.416. The summed E-state index contributed by atoms with van der Waals surface area (Å²) in [7, 11) is 0. The molecule has 3 heterocycles. The summed E-state index contributed by atoms with van der Waals surface area (Å²) >= 11 is 0. The van der Waals surface area contributed by atoms with Gasteiger partial charge in [0.2, 0.25) is 0 Å². The van der Waals surface area contributed by atoms with Gasteiger partial charge in [-0.15, -0.1) is 6.58 Å². The van der Waals surface area contributed by atoms with E-state index in [0.29, 0.717) is 13.2 Å². The third kappa shape index (κ3) is 6.99. The maximum absolute atomic E-state index is 11.4. The molecule has 3 fully saturated rings. The molecule has 40 heavy (non-hydrogen) atoms. The molecule has 1 N–H and O–H groups in total. The Labute approximate surface area is 235 Å². The summed E-state index contributed by atoms with van der Waals surface area (Å²) in [6, 6.07) is 19.6. The van der Waals surface area contributed by atoms with Crippen molar-refractivity contribution in [1.29, 1.82) is 0 Å². The van der Waals surface area contributed by atoms with Crippen molar-refractivity contribution in [2.75, 3.05) is 13.2 Å². The minimum Gasteiger partial charge on any atom is -0.387 e. The van der Waals surface area contributed by atoms with E-state index >= 15 is 0 Å². The van der Waals surface area contributed by atoms with Crippen molar-refractivity contribution in [2.45, 2.75) is 95.1 Å². The lowest BCUT2D eigenvalue weighted by atomic mass is 9.98. The predicted octanol–water partition coefficient (Wildman–Crippen LogP) is 3.73. The van der Waals surface area contributed by atoms with Gasteiger partial charge in [0.1, 0.15) is 36.6 Å². The van der Waals surface area contributed by atoms with E-state index in [1.54, 1.807) is 6.08 Å². The fourth-order valence-corrected chi connectivity index (χ4v) is 5.30. The number of aliphatic hydroxyl groups excluding tert-OH is 1. The topological polar surface area (TPSA) is 94.1 Å². The lowest BCUT2D eigenvalue weighted by Crippen LogP contribution is -2.61. The minimum absolute atomic E-state index is 0.133. The maximum Gasteiger partial charge on any atom is 0.187 e. The SMILES string of the molecule is C=CCO[C@@H]1O[C@@H](C)[C@H](O[C@@H]2OC[C@@H](OCc3ccccc3)[C@H](O)[C@H]2OCc2ccccc2)[C@H]2OC(C)(C)O[C@@H]12. The second kappa shape index (κ2) is 13.2. The highest BCUT2D eigenvalue weighted by Crippen LogP contribution is 2.40. The molecule has 3 aliphatic heterocycles. The molecule has 2 aromatic rings. The summed E-state index contributed by atoms with van der Waals surface area (Å²) < 4.78 is 49.4. The van der Waals surface area contributed by atoms with Gasteiger partial charge in [-0.2, -0.15) is 0 Å². The van der Waals surface area contributed by atoms with E-state index in [2.05, 4.69) is 6.58 Å². The van der Waals surface area contributed by atoms with Crippen LogP contribution in [0.15, 0.2) is 73.3 Å². The number of aliphatic hydroxyl groups is 1. The Kier molecular flexibility index (Phi) is 9.68. The van der Waals surface area contributed by atoms with Crippen molar-refractivity contribution in [3.05, 3.63) is 84.4 Å². The van der Waals surface area contributed by atoms with Crippen LogP contribution >= 0.6 is 0 Å². The van der Waals surface area contributed by atoms with Gasteiger partial charge < -0.3 is 43.0 Å². The lowest BCUT2D eigenvalue weighted by Gasteiger charge is -2.45. The number of rotatable bonds is 11. The van der Waals surface area contributed by atoms with Crippen molar-refractivity contribution in [3.63, 3.8) is 0 Å². The molecule has 0 saturated carbocycles. The van der Waals surface area contributed by atoms with Crippen LogP contribution in [0, 0.1) is 0 Å². The molecule has 9 atom stereocenters. The van der Waals surface area contributed by atoms with Crippen LogP contribution in [0.5, 0.6) is 0 Å². The lowest BCUT2D eigenvalue weighted by molar-refractivity contribution is -0.338. The fourth-order valence-electron chi connectivity index (χ4n) is 5.30. The molecule has 0 amide bonds. The second-order valence-corrected chi connectivity index (χ2v) is 10.8. The first-order valence-electron chi connectivity index (χ1n) is 13.8. The Morgan fingerprint density at radius 2 is 1.50 bits per heavy atom. The zero-order valence-electron chi connectivity index (χ0n) is 23.3.